The van der Waals surface area contributed by atoms with Crippen molar-refractivity contribution in [3.63, 3.8) is 0 Å². The van der Waals surface area contributed by atoms with Crippen LogP contribution in [-0.2, 0) is 21.4 Å². The van der Waals surface area contributed by atoms with Gasteiger partial charge in [-0.1, -0.05) is 29.0 Å². The fourth-order valence-corrected chi connectivity index (χ4v) is 7.32. The third kappa shape index (κ3) is 4.26. The highest BCUT2D eigenvalue weighted by Gasteiger charge is 2.39. The lowest BCUT2D eigenvalue weighted by molar-refractivity contribution is -0.121. The van der Waals surface area contributed by atoms with Gasteiger partial charge in [0.2, 0.25) is 16.8 Å². The quantitative estimate of drug-likeness (QED) is 0.496. The molecule has 34 heavy (non-hydrogen) atoms. The third-order valence-corrected chi connectivity index (χ3v) is 9.57. The fourth-order valence-electron chi connectivity index (χ4n) is 4.23. The van der Waals surface area contributed by atoms with Crippen LogP contribution in [0, 0.1) is 6.92 Å². The van der Waals surface area contributed by atoms with E-state index in [0.717, 1.165) is 21.5 Å². The predicted molar refractivity (Wildman–Crippen MR) is 133 cm³/mol. The molecule has 0 aliphatic carbocycles. The molecule has 0 saturated carbocycles. The number of ether oxygens (including phenoxy) is 2. The molecule has 3 heterocycles. The van der Waals surface area contributed by atoms with Crippen molar-refractivity contribution in [1.82, 2.24) is 8.87 Å². The molecule has 1 unspecified atom stereocenters. The number of hydrogen-bond acceptors (Lipinski definition) is 7. The van der Waals surface area contributed by atoms with Gasteiger partial charge in [-0.15, -0.1) is 0 Å². The molecule has 1 atom stereocenters. The van der Waals surface area contributed by atoms with Crippen molar-refractivity contribution in [3.05, 3.63) is 46.8 Å². The van der Waals surface area contributed by atoms with Crippen molar-refractivity contribution in [2.45, 2.75) is 37.2 Å². The van der Waals surface area contributed by atoms with E-state index in [-0.39, 0.29) is 11.7 Å². The number of thiazole rings is 1. The summed E-state index contributed by atoms with van der Waals surface area (Å²) >= 11 is 3.10. The van der Waals surface area contributed by atoms with Gasteiger partial charge in [0.15, 0.2) is 16.3 Å². The molecule has 5 rings (SSSR count). The number of aryl methyl sites for hydroxylation is 2. The smallest absolute Gasteiger partial charge is 0.266 e. The Balaban J connectivity index is 1.52. The Morgan fingerprint density at radius 3 is 2.68 bits per heavy atom. The summed E-state index contributed by atoms with van der Waals surface area (Å²) in [6.07, 6.45) is 3.11. The zero-order chi connectivity index (χ0) is 23.9. The molecule has 180 valence electrons. The molecule has 0 N–H and O–H groups in total. The number of benzene rings is 2. The van der Waals surface area contributed by atoms with Gasteiger partial charge < -0.3 is 14.0 Å². The van der Waals surface area contributed by atoms with E-state index in [9.17, 15) is 13.2 Å². The summed E-state index contributed by atoms with van der Waals surface area (Å²) in [7, 11) is -3.79. The maximum atomic E-state index is 13.3. The maximum absolute atomic E-state index is 13.3. The number of hydrogen-bond donors (Lipinski definition) is 0. The van der Waals surface area contributed by atoms with Gasteiger partial charge in [0, 0.05) is 31.0 Å². The predicted octanol–water partition coefficient (Wildman–Crippen LogP) is 3.38. The molecule has 1 aromatic heterocycles. The van der Waals surface area contributed by atoms with Gasteiger partial charge in [0.1, 0.15) is 6.04 Å². The minimum Gasteiger partial charge on any atom is -0.454 e. The number of aromatic nitrogens is 1. The van der Waals surface area contributed by atoms with Crippen LogP contribution in [0.1, 0.15) is 18.4 Å². The van der Waals surface area contributed by atoms with Crippen LogP contribution in [-0.4, -0.2) is 54.6 Å². The van der Waals surface area contributed by atoms with Gasteiger partial charge in [-0.25, -0.2) is 8.42 Å². The summed E-state index contributed by atoms with van der Waals surface area (Å²) in [5.74, 6) is 1.76. The van der Waals surface area contributed by atoms with Crippen LogP contribution >= 0.6 is 23.1 Å². The molecular formula is C23H25N3O5S3. The Morgan fingerprint density at radius 2 is 1.94 bits per heavy atom. The number of carbonyl (C=O) groups excluding carboxylic acids is 1. The van der Waals surface area contributed by atoms with Crippen molar-refractivity contribution in [2.24, 2.45) is 4.99 Å². The van der Waals surface area contributed by atoms with Crippen molar-refractivity contribution in [2.75, 3.05) is 25.3 Å². The van der Waals surface area contributed by atoms with Gasteiger partial charge in [-0.05, 0) is 38.2 Å². The average molecular weight is 520 g/mol. The standard InChI is InChI=1S/C23H25N3O5S3/c1-15-5-7-16(8-6-15)34(28,29)26-9-3-4-17(26)22(27)24-23-25(10-11-32-2)18-12-19-20(31-14-30-19)13-21(18)33-23/h5-8,12-13,17H,3-4,9-11,14H2,1-2H3. The Labute approximate surface area is 206 Å². The van der Waals surface area contributed by atoms with Crippen LogP contribution in [0.2, 0.25) is 0 Å². The van der Waals surface area contributed by atoms with Crippen molar-refractivity contribution >= 4 is 49.2 Å². The topological polar surface area (TPSA) is 90.2 Å². The van der Waals surface area contributed by atoms with E-state index in [4.69, 9.17) is 9.47 Å². The summed E-state index contributed by atoms with van der Waals surface area (Å²) < 4.78 is 41.8. The molecule has 0 bridgehead atoms. The number of fused-ring (bicyclic) bond motifs is 2. The summed E-state index contributed by atoms with van der Waals surface area (Å²) in [5.41, 5.74) is 1.90. The number of thioether (sulfide) groups is 1. The number of carbonyl (C=O) groups is 1. The maximum Gasteiger partial charge on any atom is 0.266 e. The zero-order valence-electron chi connectivity index (χ0n) is 18.9. The Bertz CT molecular complexity index is 1410. The summed E-state index contributed by atoms with van der Waals surface area (Å²) in [4.78, 5) is 18.5. The molecule has 1 saturated heterocycles. The van der Waals surface area contributed by atoms with Crippen molar-refractivity contribution in [3.8, 4) is 11.5 Å². The van der Waals surface area contributed by atoms with E-state index in [1.807, 2.05) is 29.9 Å². The van der Waals surface area contributed by atoms with Crippen LogP contribution in [0.4, 0.5) is 0 Å². The van der Waals surface area contributed by atoms with Gasteiger partial charge in [-0.3, -0.25) is 4.79 Å². The van der Waals surface area contributed by atoms with E-state index in [1.54, 1.807) is 36.0 Å². The zero-order valence-corrected chi connectivity index (χ0v) is 21.3. The van der Waals surface area contributed by atoms with E-state index >= 15 is 0 Å². The summed E-state index contributed by atoms with van der Waals surface area (Å²) in [5, 5.41) is 0. The Hall–Kier alpha value is -2.34. The second kappa shape index (κ2) is 9.37. The average Bonchev–Trinajstić information content (AvgIpc) is 3.55. The van der Waals surface area contributed by atoms with Crippen LogP contribution in [0.5, 0.6) is 11.5 Å². The Morgan fingerprint density at radius 1 is 1.21 bits per heavy atom. The molecule has 1 amide bonds. The van der Waals surface area contributed by atoms with E-state index < -0.39 is 22.0 Å². The number of rotatable bonds is 6. The molecule has 3 aromatic rings. The largest absolute Gasteiger partial charge is 0.454 e. The Kier molecular flexibility index (Phi) is 6.45. The molecule has 2 aliphatic heterocycles. The highest BCUT2D eigenvalue weighted by Crippen LogP contribution is 2.37. The van der Waals surface area contributed by atoms with Gasteiger partial charge in [0.25, 0.3) is 5.91 Å². The third-order valence-electron chi connectivity index (χ3n) is 6.02. The molecule has 11 heteroatoms. The molecule has 2 aromatic carbocycles. The molecular weight excluding hydrogens is 494 g/mol. The lowest BCUT2D eigenvalue weighted by Gasteiger charge is -2.21. The molecule has 0 spiro atoms. The van der Waals surface area contributed by atoms with Gasteiger partial charge in [-0.2, -0.15) is 21.1 Å². The highest BCUT2D eigenvalue weighted by atomic mass is 32.2. The first-order valence-corrected chi connectivity index (χ1v) is 14.6. The fraction of sp³-hybridized carbons (Fsp3) is 0.391. The lowest BCUT2D eigenvalue weighted by Crippen LogP contribution is -2.40. The van der Waals surface area contributed by atoms with Crippen LogP contribution < -0.4 is 14.3 Å². The van der Waals surface area contributed by atoms with Crippen molar-refractivity contribution < 1.29 is 22.7 Å². The first kappa shape index (κ1) is 23.4. The first-order chi connectivity index (χ1) is 16.4. The minimum absolute atomic E-state index is 0.195. The summed E-state index contributed by atoms with van der Waals surface area (Å²) in [6, 6.07) is 9.73. The second-order valence-electron chi connectivity index (χ2n) is 8.24. The van der Waals surface area contributed by atoms with Gasteiger partial charge in [0.05, 0.1) is 15.1 Å². The van der Waals surface area contributed by atoms with Crippen LogP contribution in [0.25, 0.3) is 10.2 Å². The van der Waals surface area contributed by atoms with Crippen LogP contribution in [0.3, 0.4) is 0 Å². The van der Waals surface area contributed by atoms with Crippen molar-refractivity contribution in [1.29, 1.82) is 0 Å². The molecule has 1 fully saturated rings. The van der Waals surface area contributed by atoms with E-state index in [0.29, 0.717) is 42.2 Å². The monoisotopic (exact) mass is 519 g/mol. The number of sulfonamides is 1. The van der Waals surface area contributed by atoms with E-state index in [2.05, 4.69) is 4.99 Å². The molecule has 2 aliphatic rings. The first-order valence-electron chi connectivity index (χ1n) is 11.0. The molecule has 8 nitrogen and oxygen atoms in total. The second-order valence-corrected chi connectivity index (χ2v) is 12.1. The van der Waals surface area contributed by atoms with Gasteiger partial charge >= 0.3 is 0 Å². The lowest BCUT2D eigenvalue weighted by atomic mass is 10.2. The molecule has 0 radical (unpaired) electrons. The number of nitrogens with zero attached hydrogens (tertiary/aromatic N) is 3. The number of amides is 1. The van der Waals surface area contributed by atoms with E-state index in [1.165, 1.54) is 15.6 Å². The highest BCUT2D eigenvalue weighted by molar-refractivity contribution is 7.98. The summed E-state index contributed by atoms with van der Waals surface area (Å²) in [6.45, 7) is 3.08. The SMILES string of the molecule is CSCCn1c(=NC(=O)C2CCCN2S(=O)(=O)c2ccc(C)cc2)sc2cc3c(cc21)OCO3. The normalized spacial score (nSPS) is 18.8. The minimum atomic E-state index is -3.79. The van der Waals surface area contributed by atoms with Crippen LogP contribution in [0.15, 0.2) is 46.3 Å².